The van der Waals surface area contributed by atoms with Crippen LogP contribution < -0.4 is 5.32 Å². The maximum Gasteiger partial charge on any atom is 0.0704 e. The molecule has 1 aromatic heterocycles. The van der Waals surface area contributed by atoms with E-state index in [0.29, 0.717) is 18.1 Å². The van der Waals surface area contributed by atoms with Crippen molar-refractivity contribution in [3.8, 4) is 0 Å². The van der Waals surface area contributed by atoms with E-state index in [1.54, 1.807) is 0 Å². The molecule has 2 heterocycles. The van der Waals surface area contributed by atoms with Crippen LogP contribution in [0, 0.1) is 12.8 Å². The maximum absolute atomic E-state index is 5.75. The molecule has 4 heteroatoms. The second kappa shape index (κ2) is 6.51. The summed E-state index contributed by atoms with van der Waals surface area (Å²) in [6.45, 7) is 8.61. The molecule has 1 aliphatic heterocycles. The van der Waals surface area contributed by atoms with Gasteiger partial charge in [0.25, 0.3) is 0 Å². The number of rotatable bonds is 5. The van der Waals surface area contributed by atoms with Gasteiger partial charge < -0.3 is 10.1 Å². The summed E-state index contributed by atoms with van der Waals surface area (Å²) in [7, 11) is 0. The van der Waals surface area contributed by atoms with Gasteiger partial charge >= 0.3 is 0 Å². The zero-order chi connectivity index (χ0) is 13.1. The first kappa shape index (κ1) is 14.5. The van der Waals surface area contributed by atoms with E-state index < -0.39 is 0 Å². The van der Waals surface area contributed by atoms with Gasteiger partial charge in [0.1, 0.15) is 0 Å². The van der Waals surface area contributed by atoms with Crippen molar-refractivity contribution >= 4 is 27.3 Å². The Labute approximate surface area is 122 Å². The molecular weight excluding hydrogens is 310 g/mol. The summed E-state index contributed by atoms with van der Waals surface area (Å²) in [5.74, 6) is 0.594. The first-order chi connectivity index (χ1) is 8.63. The van der Waals surface area contributed by atoms with Crippen molar-refractivity contribution in [3.63, 3.8) is 0 Å². The molecule has 0 amide bonds. The molecule has 2 rings (SSSR count). The minimum absolute atomic E-state index is 0.359. The highest BCUT2D eigenvalue weighted by atomic mass is 79.9. The molecule has 3 unspecified atom stereocenters. The molecular formula is C14H22BrNOS. The van der Waals surface area contributed by atoms with Crippen LogP contribution in [0.15, 0.2) is 9.85 Å². The molecule has 0 bridgehead atoms. The third-order valence-corrected chi connectivity index (χ3v) is 5.31. The zero-order valence-electron chi connectivity index (χ0n) is 11.3. The average Bonchev–Trinajstić information content (AvgIpc) is 2.87. The molecule has 0 aromatic carbocycles. The van der Waals surface area contributed by atoms with E-state index in [9.17, 15) is 0 Å². The standard InChI is InChI=1S/C14H22BrNOS/c1-4-6-16-14(11-5-7-17-9(11)2)12-8-13(15)18-10(12)3/h8-9,11,14,16H,4-7H2,1-3H3. The van der Waals surface area contributed by atoms with Crippen molar-refractivity contribution in [1.82, 2.24) is 5.32 Å². The van der Waals surface area contributed by atoms with Gasteiger partial charge in [0.05, 0.1) is 9.89 Å². The molecule has 0 radical (unpaired) electrons. The summed E-state index contributed by atoms with van der Waals surface area (Å²) in [5, 5.41) is 3.72. The van der Waals surface area contributed by atoms with Gasteiger partial charge in [-0.1, -0.05) is 6.92 Å². The summed E-state index contributed by atoms with van der Waals surface area (Å²) in [6.07, 6.45) is 2.69. The van der Waals surface area contributed by atoms with E-state index in [4.69, 9.17) is 4.74 Å². The number of nitrogens with one attached hydrogen (secondary N) is 1. The van der Waals surface area contributed by atoms with Gasteiger partial charge in [0.15, 0.2) is 0 Å². The van der Waals surface area contributed by atoms with Crippen LogP contribution >= 0.6 is 27.3 Å². The molecule has 1 saturated heterocycles. The highest BCUT2D eigenvalue weighted by molar-refractivity contribution is 9.11. The van der Waals surface area contributed by atoms with Crippen molar-refractivity contribution in [2.45, 2.75) is 45.8 Å². The minimum Gasteiger partial charge on any atom is -0.378 e. The van der Waals surface area contributed by atoms with E-state index in [1.807, 2.05) is 11.3 Å². The fourth-order valence-corrected chi connectivity index (χ4v) is 4.50. The summed E-state index contributed by atoms with van der Waals surface area (Å²) < 4.78 is 6.97. The summed E-state index contributed by atoms with van der Waals surface area (Å²) >= 11 is 5.43. The highest BCUT2D eigenvalue weighted by Crippen LogP contribution is 2.38. The van der Waals surface area contributed by atoms with E-state index in [0.717, 1.165) is 19.6 Å². The number of ether oxygens (including phenoxy) is 1. The van der Waals surface area contributed by atoms with Crippen molar-refractivity contribution in [2.24, 2.45) is 5.92 Å². The minimum atomic E-state index is 0.359. The molecule has 102 valence electrons. The van der Waals surface area contributed by atoms with Crippen LogP contribution in [0.2, 0.25) is 0 Å². The number of halogens is 1. The summed E-state index contributed by atoms with van der Waals surface area (Å²) in [6, 6.07) is 2.71. The smallest absolute Gasteiger partial charge is 0.0704 e. The van der Waals surface area contributed by atoms with Crippen LogP contribution in [-0.4, -0.2) is 19.3 Å². The normalized spacial score (nSPS) is 25.6. The lowest BCUT2D eigenvalue weighted by molar-refractivity contribution is 0.0953. The largest absolute Gasteiger partial charge is 0.378 e. The lowest BCUT2D eigenvalue weighted by Crippen LogP contribution is -2.32. The van der Waals surface area contributed by atoms with Gasteiger partial charge in [-0.2, -0.15) is 0 Å². The van der Waals surface area contributed by atoms with Crippen LogP contribution in [0.5, 0.6) is 0 Å². The fraction of sp³-hybridized carbons (Fsp3) is 0.714. The van der Waals surface area contributed by atoms with Crippen LogP contribution in [0.3, 0.4) is 0 Å². The second-order valence-corrected chi connectivity index (χ2v) is 7.66. The molecule has 0 aliphatic carbocycles. The van der Waals surface area contributed by atoms with E-state index in [-0.39, 0.29) is 0 Å². The van der Waals surface area contributed by atoms with Crippen molar-refractivity contribution in [1.29, 1.82) is 0 Å². The Morgan fingerprint density at radius 1 is 1.61 bits per heavy atom. The number of hydrogen-bond donors (Lipinski definition) is 1. The molecule has 2 nitrogen and oxygen atoms in total. The molecule has 0 spiro atoms. The van der Waals surface area contributed by atoms with Gasteiger partial charge in [0, 0.05) is 23.4 Å². The third-order valence-electron chi connectivity index (χ3n) is 3.74. The summed E-state index contributed by atoms with van der Waals surface area (Å²) in [4.78, 5) is 1.41. The second-order valence-electron chi connectivity index (χ2n) is 5.02. The van der Waals surface area contributed by atoms with Crippen LogP contribution in [0.4, 0.5) is 0 Å². The average molecular weight is 332 g/mol. The Morgan fingerprint density at radius 3 is 2.89 bits per heavy atom. The zero-order valence-corrected chi connectivity index (χ0v) is 13.7. The quantitative estimate of drug-likeness (QED) is 0.869. The Hall–Kier alpha value is 0.1000. The molecule has 1 fully saturated rings. The van der Waals surface area contributed by atoms with Gasteiger partial charge in [-0.15, -0.1) is 11.3 Å². The molecule has 1 N–H and O–H groups in total. The predicted molar refractivity (Wildman–Crippen MR) is 81.3 cm³/mol. The fourth-order valence-electron chi connectivity index (χ4n) is 2.75. The van der Waals surface area contributed by atoms with E-state index in [2.05, 4.69) is 48.1 Å². The highest BCUT2D eigenvalue weighted by Gasteiger charge is 2.33. The topological polar surface area (TPSA) is 21.3 Å². The lowest BCUT2D eigenvalue weighted by atomic mass is 9.88. The van der Waals surface area contributed by atoms with Gasteiger partial charge in [-0.3, -0.25) is 0 Å². The number of aryl methyl sites for hydroxylation is 1. The van der Waals surface area contributed by atoms with Gasteiger partial charge in [-0.05, 0) is 60.8 Å². The predicted octanol–water partition coefficient (Wildman–Crippen LogP) is 4.28. The Kier molecular flexibility index (Phi) is 5.24. The Balaban J connectivity index is 2.21. The van der Waals surface area contributed by atoms with E-state index >= 15 is 0 Å². The van der Waals surface area contributed by atoms with Crippen LogP contribution in [0.1, 0.15) is 43.2 Å². The van der Waals surface area contributed by atoms with Crippen molar-refractivity contribution < 1.29 is 4.74 Å². The molecule has 1 aromatic rings. The third kappa shape index (κ3) is 3.16. The first-order valence-corrected chi connectivity index (χ1v) is 8.35. The summed E-state index contributed by atoms with van der Waals surface area (Å²) in [5.41, 5.74) is 1.45. The van der Waals surface area contributed by atoms with Gasteiger partial charge in [0.2, 0.25) is 0 Å². The van der Waals surface area contributed by atoms with Gasteiger partial charge in [-0.25, -0.2) is 0 Å². The van der Waals surface area contributed by atoms with Crippen molar-refractivity contribution in [3.05, 3.63) is 20.3 Å². The number of hydrogen-bond acceptors (Lipinski definition) is 3. The Morgan fingerprint density at radius 2 is 2.39 bits per heavy atom. The van der Waals surface area contributed by atoms with E-state index in [1.165, 1.54) is 20.6 Å². The molecule has 18 heavy (non-hydrogen) atoms. The molecule has 0 saturated carbocycles. The number of thiophene rings is 1. The maximum atomic E-state index is 5.75. The molecule has 3 atom stereocenters. The SMILES string of the molecule is CCCNC(c1cc(Br)sc1C)C1CCOC1C. The first-order valence-electron chi connectivity index (χ1n) is 6.74. The lowest BCUT2D eigenvalue weighted by Gasteiger charge is -2.27. The Bertz CT molecular complexity index is 393. The monoisotopic (exact) mass is 331 g/mol. The molecule has 1 aliphatic rings. The van der Waals surface area contributed by atoms with Crippen LogP contribution in [0.25, 0.3) is 0 Å². The van der Waals surface area contributed by atoms with Crippen LogP contribution in [-0.2, 0) is 4.74 Å². The van der Waals surface area contributed by atoms with Crippen molar-refractivity contribution in [2.75, 3.05) is 13.2 Å².